The summed E-state index contributed by atoms with van der Waals surface area (Å²) < 4.78 is 0. The molecule has 3 amide bonds. The quantitative estimate of drug-likeness (QED) is 0.858. The number of urea groups is 1. The number of hydrogen-bond donors (Lipinski definition) is 2. The van der Waals surface area contributed by atoms with Crippen molar-refractivity contribution in [2.45, 2.75) is 19.4 Å². The van der Waals surface area contributed by atoms with Crippen LogP contribution in [0.4, 0.5) is 4.79 Å². The highest BCUT2D eigenvalue weighted by atomic mass is 16.2. The zero-order valence-electron chi connectivity index (χ0n) is 13.9. The highest BCUT2D eigenvalue weighted by Gasteiger charge is 2.26. The first-order valence-electron chi connectivity index (χ1n) is 8.18. The summed E-state index contributed by atoms with van der Waals surface area (Å²) in [5, 5.41) is 4.99. The van der Waals surface area contributed by atoms with Crippen LogP contribution in [0, 0.1) is 0 Å². The fourth-order valence-corrected chi connectivity index (χ4v) is 3.02. The van der Waals surface area contributed by atoms with Crippen molar-refractivity contribution in [2.75, 3.05) is 39.8 Å². The third kappa shape index (κ3) is 4.69. The zero-order valence-corrected chi connectivity index (χ0v) is 13.9. The molecular weight excluding hydrogens is 292 g/mol. The largest absolute Gasteiger partial charge is 0.341 e. The number of piperazine rings is 1. The molecule has 1 unspecified atom stereocenters. The summed E-state index contributed by atoms with van der Waals surface area (Å²) in [6.45, 7) is 5.38. The molecule has 2 rings (SSSR count). The van der Waals surface area contributed by atoms with Crippen LogP contribution in [0.3, 0.4) is 0 Å². The van der Waals surface area contributed by atoms with E-state index in [1.807, 2.05) is 11.0 Å². The molecule has 1 atom stereocenters. The van der Waals surface area contributed by atoms with Crippen LogP contribution >= 0.6 is 0 Å². The summed E-state index contributed by atoms with van der Waals surface area (Å²) in [5.74, 6) is -0.0268. The van der Waals surface area contributed by atoms with Gasteiger partial charge in [-0.05, 0) is 12.0 Å². The highest BCUT2D eigenvalue weighted by molar-refractivity contribution is 5.83. The van der Waals surface area contributed by atoms with Gasteiger partial charge in [0.1, 0.15) is 0 Å². The van der Waals surface area contributed by atoms with Crippen molar-refractivity contribution in [3.63, 3.8) is 0 Å². The van der Waals surface area contributed by atoms with E-state index in [0.717, 1.165) is 19.5 Å². The highest BCUT2D eigenvalue weighted by Crippen LogP contribution is 2.25. The van der Waals surface area contributed by atoms with Gasteiger partial charge in [-0.15, -0.1) is 0 Å². The van der Waals surface area contributed by atoms with Gasteiger partial charge < -0.3 is 15.5 Å². The average Bonchev–Trinajstić information content (AvgIpc) is 2.61. The molecule has 0 spiro atoms. The van der Waals surface area contributed by atoms with Gasteiger partial charge in [0.2, 0.25) is 5.91 Å². The molecule has 0 aromatic heterocycles. The van der Waals surface area contributed by atoms with Gasteiger partial charge in [0.15, 0.2) is 0 Å². The number of nitrogens with zero attached hydrogens (tertiary/aromatic N) is 2. The van der Waals surface area contributed by atoms with E-state index in [1.165, 1.54) is 12.6 Å². The van der Waals surface area contributed by atoms with Gasteiger partial charge in [-0.1, -0.05) is 37.3 Å². The van der Waals surface area contributed by atoms with Crippen LogP contribution in [0.1, 0.15) is 24.9 Å². The second-order valence-electron chi connectivity index (χ2n) is 5.68. The SMILES string of the molecule is CCC(c1ccccc1)N1CCN(C(=O)CNC(=O)NC)CC1. The fourth-order valence-electron chi connectivity index (χ4n) is 3.02. The minimum absolute atomic E-state index is 0.0268. The number of benzene rings is 1. The van der Waals surface area contributed by atoms with Crippen molar-refractivity contribution >= 4 is 11.9 Å². The van der Waals surface area contributed by atoms with E-state index in [1.54, 1.807) is 0 Å². The van der Waals surface area contributed by atoms with E-state index in [0.29, 0.717) is 19.1 Å². The molecule has 126 valence electrons. The van der Waals surface area contributed by atoms with Gasteiger partial charge in [-0.2, -0.15) is 0 Å². The van der Waals surface area contributed by atoms with Crippen molar-refractivity contribution in [3.8, 4) is 0 Å². The molecule has 6 nitrogen and oxygen atoms in total. The van der Waals surface area contributed by atoms with E-state index in [9.17, 15) is 9.59 Å². The van der Waals surface area contributed by atoms with Crippen LogP contribution in [0.25, 0.3) is 0 Å². The standard InChI is InChI=1S/C17H26N4O2/c1-3-15(14-7-5-4-6-8-14)20-9-11-21(12-10-20)16(22)13-19-17(23)18-2/h4-8,15H,3,9-13H2,1-2H3,(H2,18,19,23). The summed E-state index contributed by atoms with van der Waals surface area (Å²) >= 11 is 0. The minimum Gasteiger partial charge on any atom is -0.341 e. The summed E-state index contributed by atoms with van der Waals surface area (Å²) in [6, 6.07) is 10.6. The molecule has 23 heavy (non-hydrogen) atoms. The maximum atomic E-state index is 12.1. The van der Waals surface area contributed by atoms with E-state index in [4.69, 9.17) is 0 Å². The lowest BCUT2D eigenvalue weighted by molar-refractivity contribution is -0.132. The second kappa shape index (κ2) is 8.53. The number of nitrogens with one attached hydrogen (secondary N) is 2. The Hall–Kier alpha value is -2.08. The lowest BCUT2D eigenvalue weighted by Crippen LogP contribution is -2.52. The smallest absolute Gasteiger partial charge is 0.314 e. The first-order valence-corrected chi connectivity index (χ1v) is 8.18. The first-order chi connectivity index (χ1) is 11.2. The molecule has 1 aliphatic heterocycles. The lowest BCUT2D eigenvalue weighted by atomic mass is 10.0. The van der Waals surface area contributed by atoms with E-state index in [-0.39, 0.29) is 18.5 Å². The molecule has 1 heterocycles. The second-order valence-corrected chi connectivity index (χ2v) is 5.68. The first kappa shape index (κ1) is 17.3. The Balaban J connectivity index is 1.85. The maximum absolute atomic E-state index is 12.1. The Morgan fingerprint density at radius 3 is 2.35 bits per heavy atom. The van der Waals surface area contributed by atoms with Crippen LogP contribution in [-0.2, 0) is 4.79 Å². The van der Waals surface area contributed by atoms with Gasteiger partial charge in [0.05, 0.1) is 6.54 Å². The number of rotatable bonds is 5. The van der Waals surface area contributed by atoms with Crippen molar-refractivity contribution in [1.29, 1.82) is 0 Å². The molecular formula is C17H26N4O2. The summed E-state index contributed by atoms with van der Waals surface area (Å²) in [6.07, 6.45) is 1.05. The molecule has 0 radical (unpaired) electrons. The van der Waals surface area contributed by atoms with Crippen LogP contribution in [0.15, 0.2) is 30.3 Å². The van der Waals surface area contributed by atoms with Gasteiger partial charge in [0.25, 0.3) is 0 Å². The number of amides is 3. The molecule has 1 aromatic carbocycles. The van der Waals surface area contributed by atoms with Gasteiger partial charge in [-0.3, -0.25) is 9.69 Å². The lowest BCUT2D eigenvalue weighted by Gasteiger charge is -2.39. The minimum atomic E-state index is -0.327. The molecule has 1 saturated heterocycles. The number of carbonyl (C=O) groups is 2. The molecule has 0 saturated carbocycles. The van der Waals surface area contributed by atoms with Crippen molar-refractivity contribution in [2.24, 2.45) is 0 Å². The predicted molar refractivity (Wildman–Crippen MR) is 90.1 cm³/mol. The van der Waals surface area contributed by atoms with Crippen LogP contribution in [0.2, 0.25) is 0 Å². The van der Waals surface area contributed by atoms with Crippen molar-refractivity contribution in [3.05, 3.63) is 35.9 Å². The molecule has 2 N–H and O–H groups in total. The Morgan fingerprint density at radius 1 is 1.13 bits per heavy atom. The topological polar surface area (TPSA) is 64.7 Å². The van der Waals surface area contributed by atoms with E-state index in [2.05, 4.69) is 46.7 Å². The summed E-state index contributed by atoms with van der Waals surface area (Å²) in [5.41, 5.74) is 1.33. The van der Waals surface area contributed by atoms with Crippen molar-refractivity contribution < 1.29 is 9.59 Å². The van der Waals surface area contributed by atoms with Gasteiger partial charge in [0, 0.05) is 39.3 Å². The van der Waals surface area contributed by atoms with Crippen LogP contribution in [0.5, 0.6) is 0 Å². The Labute approximate surface area is 137 Å². The monoisotopic (exact) mass is 318 g/mol. The molecule has 1 aromatic rings. The van der Waals surface area contributed by atoms with Gasteiger partial charge >= 0.3 is 6.03 Å². The summed E-state index contributed by atoms with van der Waals surface area (Å²) in [4.78, 5) is 27.5. The molecule has 0 aliphatic carbocycles. The van der Waals surface area contributed by atoms with E-state index >= 15 is 0 Å². The average molecular weight is 318 g/mol. The molecule has 1 aliphatic rings. The zero-order chi connectivity index (χ0) is 16.7. The van der Waals surface area contributed by atoms with E-state index < -0.39 is 0 Å². The third-order valence-corrected chi connectivity index (χ3v) is 4.31. The molecule has 1 fully saturated rings. The number of hydrogen-bond acceptors (Lipinski definition) is 3. The number of carbonyl (C=O) groups excluding carboxylic acids is 2. The Bertz CT molecular complexity index is 513. The Morgan fingerprint density at radius 2 is 1.78 bits per heavy atom. The van der Waals surface area contributed by atoms with Crippen LogP contribution < -0.4 is 10.6 Å². The molecule has 0 bridgehead atoms. The Kier molecular flexibility index (Phi) is 6.40. The molecule has 6 heteroatoms. The maximum Gasteiger partial charge on any atom is 0.314 e. The predicted octanol–water partition coefficient (Wildman–Crippen LogP) is 1.21. The third-order valence-electron chi connectivity index (χ3n) is 4.31. The van der Waals surface area contributed by atoms with Crippen molar-refractivity contribution in [1.82, 2.24) is 20.4 Å². The summed E-state index contributed by atoms with van der Waals surface area (Å²) in [7, 11) is 1.53. The van der Waals surface area contributed by atoms with Crippen LogP contribution in [-0.4, -0.2) is 61.5 Å². The normalized spacial score (nSPS) is 16.7. The fraction of sp³-hybridized carbons (Fsp3) is 0.529. The van der Waals surface area contributed by atoms with Gasteiger partial charge in [-0.25, -0.2) is 4.79 Å².